The second-order valence-electron chi connectivity index (χ2n) is 7.44. The molecule has 3 rings (SSSR count). The number of halogens is 3. The largest absolute Gasteiger partial charge is 0.490 e. The molecule has 0 aliphatic carbocycles. The van der Waals surface area contributed by atoms with Gasteiger partial charge in [-0.15, -0.1) is 0 Å². The number of benzene rings is 2. The van der Waals surface area contributed by atoms with E-state index in [-0.39, 0.29) is 16.3 Å². The Morgan fingerprint density at radius 1 is 1.29 bits per heavy atom. The van der Waals surface area contributed by atoms with Gasteiger partial charge < -0.3 is 14.2 Å². The topological polar surface area (TPSA) is 92.0 Å². The normalized spacial score (nSPS) is 12.2. The Morgan fingerprint density at radius 3 is 2.69 bits per heavy atom. The zero-order valence-electron chi connectivity index (χ0n) is 19.6. The molecule has 0 saturated carbocycles. The number of fused-ring (bicyclic) bond motifs is 1. The Balaban J connectivity index is 2.11. The van der Waals surface area contributed by atoms with E-state index < -0.39 is 12.1 Å². The van der Waals surface area contributed by atoms with Gasteiger partial charge in [0, 0.05) is 20.9 Å². The minimum atomic E-state index is -0.902. The molecule has 0 aliphatic rings. The first-order valence-corrected chi connectivity index (χ1v) is 12.8. The summed E-state index contributed by atoms with van der Waals surface area (Å²) in [6.45, 7) is 5.70. The van der Waals surface area contributed by atoms with Crippen molar-refractivity contribution in [2.45, 2.75) is 39.7 Å². The number of methoxy groups -OCH3 is 1. The van der Waals surface area contributed by atoms with Gasteiger partial charge in [0.05, 0.1) is 30.8 Å². The van der Waals surface area contributed by atoms with Gasteiger partial charge in [-0.25, -0.2) is 9.78 Å². The summed E-state index contributed by atoms with van der Waals surface area (Å²) >= 11 is 13.4. The number of rotatable bonds is 9. The third-order valence-corrected chi connectivity index (χ3v) is 6.88. The quantitative estimate of drug-likeness (QED) is 0.221. The highest BCUT2D eigenvalue weighted by atomic mass is 79.9. The second kappa shape index (κ2) is 12.0. The number of ether oxygens (including phenoxy) is 3. The molecular formula is C24H24Br2ClN3O5. The highest BCUT2D eigenvalue weighted by molar-refractivity contribution is 9.10. The minimum Gasteiger partial charge on any atom is -0.490 e. The van der Waals surface area contributed by atoms with Gasteiger partial charge in [-0.3, -0.25) is 4.79 Å². The smallest absolute Gasteiger partial charge is 0.346 e. The SMILES string of the molecule is CCCc1nc2ccc(Br)cc2c(=O)n1N=Cc1cc(OCC)c(O[C@H](C)C(=O)OC)c(Cl)c1Br. The van der Waals surface area contributed by atoms with Crippen LogP contribution in [0.5, 0.6) is 11.5 Å². The lowest BCUT2D eigenvalue weighted by molar-refractivity contribution is -0.147. The lowest BCUT2D eigenvalue weighted by Crippen LogP contribution is -2.25. The monoisotopic (exact) mass is 627 g/mol. The molecule has 0 bridgehead atoms. The fraction of sp³-hybridized carbons (Fsp3) is 0.333. The van der Waals surface area contributed by atoms with Crippen molar-refractivity contribution >= 4 is 66.5 Å². The summed E-state index contributed by atoms with van der Waals surface area (Å²) in [5.74, 6) is 0.502. The molecule has 0 amide bonds. The molecule has 1 heterocycles. The van der Waals surface area contributed by atoms with Crippen LogP contribution in [-0.2, 0) is 16.0 Å². The molecular weight excluding hydrogens is 606 g/mol. The van der Waals surface area contributed by atoms with Crippen LogP contribution in [0.25, 0.3) is 10.9 Å². The van der Waals surface area contributed by atoms with Gasteiger partial charge in [-0.1, -0.05) is 34.5 Å². The first kappa shape index (κ1) is 27.2. The highest BCUT2D eigenvalue weighted by Gasteiger charge is 2.23. The average Bonchev–Trinajstić information content (AvgIpc) is 2.84. The van der Waals surface area contributed by atoms with Gasteiger partial charge in [0.2, 0.25) is 0 Å². The molecule has 35 heavy (non-hydrogen) atoms. The maximum atomic E-state index is 13.2. The van der Waals surface area contributed by atoms with Crippen LogP contribution in [0.3, 0.4) is 0 Å². The summed E-state index contributed by atoms with van der Waals surface area (Å²) in [5.41, 5.74) is 0.868. The molecule has 0 saturated heterocycles. The maximum Gasteiger partial charge on any atom is 0.346 e. The maximum absolute atomic E-state index is 13.2. The molecule has 0 radical (unpaired) electrons. The fourth-order valence-corrected chi connectivity index (χ4v) is 4.29. The third kappa shape index (κ3) is 6.05. The van der Waals surface area contributed by atoms with Crippen LogP contribution >= 0.6 is 43.5 Å². The molecule has 1 atom stereocenters. The van der Waals surface area contributed by atoms with Crippen molar-refractivity contribution in [1.29, 1.82) is 0 Å². The standard InChI is InChI=1S/C24H24Br2ClN3O5/c1-5-7-19-29-17-9-8-15(25)11-16(17)23(31)30(19)28-12-14-10-18(34-6-2)22(21(27)20(14)26)35-13(3)24(32)33-4/h8-13H,5-7H2,1-4H3/t13-/m1/s1. The number of esters is 1. The fourth-order valence-electron chi connectivity index (χ4n) is 3.28. The number of nitrogens with zero attached hydrogens (tertiary/aromatic N) is 3. The molecule has 0 unspecified atom stereocenters. The number of carbonyl (C=O) groups is 1. The Bertz CT molecular complexity index is 1340. The highest BCUT2D eigenvalue weighted by Crippen LogP contribution is 2.42. The lowest BCUT2D eigenvalue weighted by Gasteiger charge is -2.19. The first-order chi connectivity index (χ1) is 16.7. The van der Waals surface area contributed by atoms with E-state index in [0.717, 1.165) is 10.9 Å². The van der Waals surface area contributed by atoms with E-state index in [4.69, 9.17) is 25.8 Å². The molecule has 0 N–H and O–H groups in total. The molecule has 11 heteroatoms. The summed E-state index contributed by atoms with van der Waals surface area (Å²) in [7, 11) is 1.28. The van der Waals surface area contributed by atoms with Crippen LogP contribution in [0, 0.1) is 0 Å². The van der Waals surface area contributed by atoms with E-state index in [1.54, 1.807) is 25.1 Å². The van der Waals surface area contributed by atoms with E-state index in [0.29, 0.717) is 45.5 Å². The third-order valence-electron chi connectivity index (χ3n) is 4.94. The van der Waals surface area contributed by atoms with Crippen molar-refractivity contribution in [3.05, 3.63) is 60.0 Å². The number of hydrogen-bond donors (Lipinski definition) is 0. The van der Waals surface area contributed by atoms with Crippen molar-refractivity contribution in [2.24, 2.45) is 5.10 Å². The van der Waals surface area contributed by atoms with Crippen molar-refractivity contribution in [2.75, 3.05) is 13.7 Å². The average molecular weight is 630 g/mol. The first-order valence-electron chi connectivity index (χ1n) is 10.9. The number of aromatic nitrogens is 2. The van der Waals surface area contributed by atoms with Gasteiger partial charge in [0.25, 0.3) is 5.56 Å². The molecule has 186 valence electrons. The lowest BCUT2D eigenvalue weighted by atomic mass is 10.2. The van der Waals surface area contributed by atoms with Crippen LogP contribution < -0.4 is 15.0 Å². The molecule has 3 aromatic rings. The zero-order valence-corrected chi connectivity index (χ0v) is 23.5. The Morgan fingerprint density at radius 2 is 2.03 bits per heavy atom. The summed E-state index contributed by atoms with van der Waals surface area (Å²) in [6.07, 6.45) is 1.96. The van der Waals surface area contributed by atoms with Crippen molar-refractivity contribution in [3.63, 3.8) is 0 Å². The van der Waals surface area contributed by atoms with Gasteiger partial charge in [0.1, 0.15) is 10.8 Å². The van der Waals surface area contributed by atoms with Crippen molar-refractivity contribution < 1.29 is 19.0 Å². The van der Waals surface area contributed by atoms with Gasteiger partial charge in [-0.05, 0) is 60.5 Å². The van der Waals surface area contributed by atoms with Crippen molar-refractivity contribution in [1.82, 2.24) is 9.66 Å². The van der Waals surface area contributed by atoms with E-state index in [9.17, 15) is 9.59 Å². The number of carbonyl (C=O) groups excluding carboxylic acids is 1. The Labute approximate surface area is 224 Å². The van der Waals surface area contributed by atoms with Crippen LogP contribution in [0.2, 0.25) is 5.02 Å². The van der Waals surface area contributed by atoms with Crippen LogP contribution in [0.1, 0.15) is 38.6 Å². The summed E-state index contributed by atoms with van der Waals surface area (Å²) in [4.78, 5) is 29.7. The summed E-state index contributed by atoms with van der Waals surface area (Å²) in [6, 6.07) is 7.03. The molecule has 0 fully saturated rings. The van der Waals surface area contributed by atoms with E-state index >= 15 is 0 Å². The van der Waals surface area contributed by atoms with E-state index in [1.807, 2.05) is 19.9 Å². The molecule has 8 nitrogen and oxygen atoms in total. The number of hydrogen-bond acceptors (Lipinski definition) is 7. The Hall–Kier alpha value is -2.43. The van der Waals surface area contributed by atoms with Crippen molar-refractivity contribution in [3.8, 4) is 11.5 Å². The van der Waals surface area contributed by atoms with Gasteiger partial charge in [0.15, 0.2) is 17.6 Å². The van der Waals surface area contributed by atoms with E-state index in [1.165, 1.54) is 18.0 Å². The van der Waals surface area contributed by atoms with Crippen LogP contribution in [0.15, 0.2) is 43.1 Å². The predicted octanol–water partition coefficient (Wildman–Crippen LogP) is 5.75. The second-order valence-corrected chi connectivity index (χ2v) is 9.52. The number of aryl methyl sites for hydroxylation is 1. The van der Waals surface area contributed by atoms with E-state index in [2.05, 4.69) is 41.9 Å². The molecule has 0 aliphatic heterocycles. The van der Waals surface area contributed by atoms with Gasteiger partial charge in [-0.2, -0.15) is 9.78 Å². The Kier molecular flexibility index (Phi) is 9.32. The molecule has 2 aromatic carbocycles. The molecule has 0 spiro atoms. The van der Waals surface area contributed by atoms with Crippen LogP contribution in [0.4, 0.5) is 0 Å². The zero-order chi connectivity index (χ0) is 25.7. The summed E-state index contributed by atoms with van der Waals surface area (Å²) < 4.78 is 18.7. The molecule has 1 aromatic heterocycles. The van der Waals surface area contributed by atoms with Crippen LogP contribution in [-0.4, -0.2) is 41.7 Å². The van der Waals surface area contributed by atoms with Gasteiger partial charge >= 0.3 is 5.97 Å². The summed E-state index contributed by atoms with van der Waals surface area (Å²) in [5, 5.41) is 5.09. The predicted molar refractivity (Wildman–Crippen MR) is 143 cm³/mol. The minimum absolute atomic E-state index is 0.190.